The second-order valence-electron chi connectivity index (χ2n) is 5.89. The van der Waals surface area contributed by atoms with Crippen LogP contribution in [0, 0.1) is 0 Å². The van der Waals surface area contributed by atoms with E-state index in [4.69, 9.17) is 0 Å². The van der Waals surface area contributed by atoms with Gasteiger partial charge in [-0.2, -0.15) is 5.10 Å². The lowest BCUT2D eigenvalue weighted by Crippen LogP contribution is -2.35. The van der Waals surface area contributed by atoms with Gasteiger partial charge in [0.05, 0.1) is 5.69 Å². The van der Waals surface area contributed by atoms with Crippen molar-refractivity contribution in [3.63, 3.8) is 0 Å². The Hall–Kier alpha value is -1.95. The number of benzene rings is 1. The Morgan fingerprint density at radius 3 is 2.65 bits per heavy atom. The summed E-state index contributed by atoms with van der Waals surface area (Å²) in [4.78, 5) is 11.9. The molecule has 2 aromatic rings. The van der Waals surface area contributed by atoms with E-state index in [2.05, 4.69) is 10.4 Å². The van der Waals surface area contributed by atoms with E-state index in [0.29, 0.717) is 5.75 Å². The molecule has 0 bridgehead atoms. The van der Waals surface area contributed by atoms with Crippen molar-refractivity contribution in [3.05, 3.63) is 48.3 Å². The smallest absolute Gasteiger partial charge is 0.232 e. The van der Waals surface area contributed by atoms with Gasteiger partial charge in [-0.15, -0.1) is 0 Å². The molecule has 3 rings (SSSR count). The summed E-state index contributed by atoms with van der Waals surface area (Å²) in [5, 5.41) is 7.15. The van der Waals surface area contributed by atoms with E-state index in [0.717, 1.165) is 24.1 Å². The minimum absolute atomic E-state index is 0.0808. The van der Waals surface area contributed by atoms with Gasteiger partial charge >= 0.3 is 0 Å². The summed E-state index contributed by atoms with van der Waals surface area (Å²) < 4.78 is 13.9. The molecule has 1 aromatic carbocycles. The van der Waals surface area contributed by atoms with Crippen LogP contribution in [0.5, 0.6) is 0 Å². The first-order valence-corrected chi connectivity index (χ1v) is 9.43. The highest BCUT2D eigenvalue weighted by atomic mass is 32.2. The van der Waals surface area contributed by atoms with Gasteiger partial charge in [-0.3, -0.25) is 9.00 Å². The van der Waals surface area contributed by atoms with Gasteiger partial charge in [0, 0.05) is 35.0 Å². The maximum atomic E-state index is 12.1. The van der Waals surface area contributed by atoms with E-state index in [1.54, 1.807) is 10.9 Å². The van der Waals surface area contributed by atoms with E-state index in [1.165, 1.54) is 12.8 Å². The molecule has 23 heavy (non-hydrogen) atoms. The SMILES string of the molecule is O=C(C[S@](=O)Cc1ccc(-n2cccn2)cc1)NC1CCCC1. The van der Waals surface area contributed by atoms with E-state index in [1.807, 2.05) is 36.5 Å². The predicted molar refractivity (Wildman–Crippen MR) is 90.7 cm³/mol. The Kier molecular flexibility index (Phi) is 5.23. The summed E-state index contributed by atoms with van der Waals surface area (Å²) in [6, 6.07) is 9.91. The van der Waals surface area contributed by atoms with Crippen molar-refractivity contribution in [2.75, 3.05) is 5.75 Å². The highest BCUT2D eigenvalue weighted by Gasteiger charge is 2.18. The molecular weight excluding hydrogens is 310 g/mol. The number of rotatable bonds is 6. The molecule has 0 unspecified atom stereocenters. The van der Waals surface area contributed by atoms with Crippen LogP contribution in [0.15, 0.2) is 42.7 Å². The normalized spacial score (nSPS) is 16.3. The number of carbonyl (C=O) groups is 1. The van der Waals surface area contributed by atoms with Gasteiger partial charge in [0.1, 0.15) is 5.75 Å². The Labute approximate surface area is 138 Å². The van der Waals surface area contributed by atoms with Gasteiger partial charge < -0.3 is 5.32 Å². The third kappa shape index (κ3) is 4.51. The van der Waals surface area contributed by atoms with Gasteiger partial charge in [-0.25, -0.2) is 4.68 Å². The van der Waals surface area contributed by atoms with Crippen molar-refractivity contribution in [3.8, 4) is 5.69 Å². The number of nitrogens with zero attached hydrogens (tertiary/aromatic N) is 2. The zero-order valence-corrected chi connectivity index (χ0v) is 13.8. The third-order valence-corrected chi connectivity index (χ3v) is 5.28. The fraction of sp³-hybridized carbons (Fsp3) is 0.412. The molecule has 0 radical (unpaired) electrons. The molecule has 0 saturated heterocycles. The average molecular weight is 331 g/mol. The van der Waals surface area contributed by atoms with Crippen LogP contribution < -0.4 is 5.32 Å². The van der Waals surface area contributed by atoms with Gasteiger partial charge in [0.2, 0.25) is 5.91 Å². The zero-order chi connectivity index (χ0) is 16.1. The molecule has 1 atom stereocenters. The molecule has 0 spiro atoms. The molecule has 1 aromatic heterocycles. The lowest BCUT2D eigenvalue weighted by atomic mass is 10.2. The summed E-state index contributed by atoms with van der Waals surface area (Å²) in [5.74, 6) is 0.387. The van der Waals surface area contributed by atoms with Crippen LogP contribution in [0.4, 0.5) is 0 Å². The number of amides is 1. The number of aromatic nitrogens is 2. The van der Waals surface area contributed by atoms with Gasteiger partial charge in [0.15, 0.2) is 0 Å². The molecule has 0 aliphatic heterocycles. The second-order valence-corrected chi connectivity index (χ2v) is 7.35. The molecular formula is C17H21N3O2S. The molecule has 5 nitrogen and oxygen atoms in total. The number of nitrogens with one attached hydrogen (secondary N) is 1. The first kappa shape index (κ1) is 15.9. The molecule has 1 fully saturated rings. The monoisotopic (exact) mass is 331 g/mol. The summed E-state index contributed by atoms with van der Waals surface area (Å²) in [6.07, 6.45) is 8.06. The number of hydrogen-bond donors (Lipinski definition) is 1. The van der Waals surface area contributed by atoms with Crippen LogP contribution >= 0.6 is 0 Å². The van der Waals surface area contributed by atoms with Crippen LogP contribution in [0.2, 0.25) is 0 Å². The molecule has 1 heterocycles. The van der Waals surface area contributed by atoms with Crippen molar-refractivity contribution < 1.29 is 9.00 Å². The quantitative estimate of drug-likeness (QED) is 0.882. The van der Waals surface area contributed by atoms with E-state index >= 15 is 0 Å². The lowest BCUT2D eigenvalue weighted by molar-refractivity contribution is -0.119. The summed E-state index contributed by atoms with van der Waals surface area (Å²) >= 11 is 0. The summed E-state index contributed by atoms with van der Waals surface area (Å²) in [5.41, 5.74) is 1.93. The topological polar surface area (TPSA) is 64.0 Å². The lowest BCUT2D eigenvalue weighted by Gasteiger charge is -2.11. The number of hydrogen-bond acceptors (Lipinski definition) is 3. The standard InChI is InChI=1S/C17H21N3O2S/c21-17(19-15-4-1-2-5-15)13-23(22)12-14-6-8-16(9-7-14)20-11-3-10-18-20/h3,6-11,15H,1-2,4-5,12-13H2,(H,19,21)/t23-/m1/s1. The first-order valence-electron chi connectivity index (χ1n) is 7.94. The second kappa shape index (κ2) is 7.55. The van der Waals surface area contributed by atoms with E-state index < -0.39 is 10.8 Å². The fourth-order valence-electron chi connectivity index (χ4n) is 2.89. The molecule has 1 aliphatic rings. The van der Waals surface area contributed by atoms with Crippen molar-refractivity contribution in [2.24, 2.45) is 0 Å². The van der Waals surface area contributed by atoms with Crippen molar-refractivity contribution in [1.82, 2.24) is 15.1 Å². The van der Waals surface area contributed by atoms with Gasteiger partial charge in [0.25, 0.3) is 0 Å². The Bertz CT molecular complexity index is 662. The Morgan fingerprint density at radius 1 is 1.26 bits per heavy atom. The molecule has 1 saturated carbocycles. The fourth-order valence-corrected chi connectivity index (χ4v) is 3.93. The maximum Gasteiger partial charge on any atom is 0.232 e. The minimum Gasteiger partial charge on any atom is -0.353 e. The Balaban J connectivity index is 1.50. The highest BCUT2D eigenvalue weighted by Crippen LogP contribution is 2.17. The van der Waals surface area contributed by atoms with Crippen LogP contribution in [0.1, 0.15) is 31.2 Å². The van der Waals surface area contributed by atoms with Crippen LogP contribution in [-0.4, -0.2) is 31.7 Å². The van der Waals surface area contributed by atoms with Crippen LogP contribution in [0.3, 0.4) is 0 Å². The molecule has 1 aliphatic carbocycles. The van der Waals surface area contributed by atoms with Crippen LogP contribution in [-0.2, 0) is 21.3 Å². The minimum atomic E-state index is -1.18. The van der Waals surface area contributed by atoms with Crippen LogP contribution in [0.25, 0.3) is 5.69 Å². The largest absolute Gasteiger partial charge is 0.353 e. The average Bonchev–Trinajstić information content (AvgIpc) is 3.20. The number of carbonyl (C=O) groups excluding carboxylic acids is 1. The van der Waals surface area contributed by atoms with Crippen molar-refractivity contribution >= 4 is 16.7 Å². The van der Waals surface area contributed by atoms with Crippen molar-refractivity contribution in [1.29, 1.82) is 0 Å². The molecule has 6 heteroatoms. The Morgan fingerprint density at radius 2 is 2.00 bits per heavy atom. The summed E-state index contributed by atoms with van der Waals surface area (Å²) in [7, 11) is -1.18. The van der Waals surface area contributed by atoms with Gasteiger partial charge in [-0.1, -0.05) is 25.0 Å². The first-order chi connectivity index (χ1) is 11.2. The molecule has 1 amide bonds. The zero-order valence-electron chi connectivity index (χ0n) is 13.0. The third-order valence-electron chi connectivity index (χ3n) is 4.05. The maximum absolute atomic E-state index is 12.1. The summed E-state index contributed by atoms with van der Waals surface area (Å²) in [6.45, 7) is 0. The van der Waals surface area contributed by atoms with E-state index in [-0.39, 0.29) is 17.7 Å². The predicted octanol–water partition coefficient (Wildman–Crippen LogP) is 2.18. The van der Waals surface area contributed by atoms with Gasteiger partial charge in [-0.05, 0) is 36.6 Å². The van der Waals surface area contributed by atoms with Crippen molar-refractivity contribution in [2.45, 2.75) is 37.5 Å². The highest BCUT2D eigenvalue weighted by molar-refractivity contribution is 7.84. The molecule has 122 valence electrons. The van der Waals surface area contributed by atoms with E-state index in [9.17, 15) is 9.00 Å². The molecule has 1 N–H and O–H groups in total.